The molecular weight excluding hydrogens is 316 g/mol. The van der Waals surface area contributed by atoms with E-state index in [1.165, 1.54) is 0 Å². The summed E-state index contributed by atoms with van der Waals surface area (Å²) in [4.78, 5) is 17.9. The number of para-hydroxylation sites is 1. The summed E-state index contributed by atoms with van der Waals surface area (Å²) in [6, 6.07) is 13.4. The van der Waals surface area contributed by atoms with E-state index in [0.717, 1.165) is 27.7 Å². The van der Waals surface area contributed by atoms with E-state index in [2.05, 4.69) is 4.98 Å². The quantitative estimate of drug-likeness (QED) is 0.772. The zero-order valence-electron chi connectivity index (χ0n) is 14.0. The summed E-state index contributed by atoms with van der Waals surface area (Å²) in [7, 11) is 1.60. The molecule has 0 saturated heterocycles. The molecule has 25 heavy (non-hydrogen) atoms. The molecular formula is C20H20N2O3. The molecule has 5 heteroatoms. The highest BCUT2D eigenvalue weighted by atomic mass is 16.5. The lowest BCUT2D eigenvalue weighted by Gasteiger charge is -2.32. The summed E-state index contributed by atoms with van der Waals surface area (Å²) in [5.41, 5.74) is 3.53. The third-order valence-corrected chi connectivity index (χ3v) is 4.83. The maximum atomic E-state index is 13.0. The molecule has 2 aromatic carbocycles. The number of aromatic nitrogens is 1. The van der Waals surface area contributed by atoms with Gasteiger partial charge in [0.15, 0.2) is 0 Å². The predicted molar refractivity (Wildman–Crippen MR) is 96.9 cm³/mol. The number of nitrogens with zero attached hydrogens (tertiary/aromatic N) is 1. The van der Waals surface area contributed by atoms with E-state index in [-0.39, 0.29) is 5.91 Å². The predicted octanol–water partition coefficient (Wildman–Crippen LogP) is 3.19. The molecule has 1 aliphatic heterocycles. The van der Waals surface area contributed by atoms with Crippen LogP contribution in [0.3, 0.4) is 0 Å². The number of benzene rings is 2. The van der Waals surface area contributed by atoms with Crippen molar-refractivity contribution in [3.63, 3.8) is 0 Å². The van der Waals surface area contributed by atoms with Crippen molar-refractivity contribution in [1.82, 2.24) is 4.98 Å². The molecule has 2 heterocycles. The van der Waals surface area contributed by atoms with Gasteiger partial charge in [0.2, 0.25) is 5.91 Å². The van der Waals surface area contributed by atoms with Crippen LogP contribution in [-0.4, -0.2) is 29.7 Å². The number of H-pyrrole nitrogens is 1. The number of ether oxygens (including phenoxy) is 1. The average molecular weight is 336 g/mol. The molecule has 0 fully saturated rings. The fourth-order valence-corrected chi connectivity index (χ4v) is 3.49. The summed E-state index contributed by atoms with van der Waals surface area (Å²) in [5, 5.41) is 11.3. The van der Waals surface area contributed by atoms with Gasteiger partial charge in [-0.25, -0.2) is 0 Å². The number of aliphatic hydroxyl groups is 1. The Morgan fingerprint density at radius 3 is 3.00 bits per heavy atom. The molecule has 0 aliphatic carbocycles. The maximum Gasteiger partial charge on any atom is 0.231 e. The number of carbonyl (C=O) groups is 1. The molecule has 5 nitrogen and oxygen atoms in total. The molecule has 0 bridgehead atoms. The lowest BCUT2D eigenvalue weighted by atomic mass is 9.97. The zero-order valence-corrected chi connectivity index (χ0v) is 14.0. The number of aliphatic hydroxyl groups excluding tert-OH is 1. The number of hydrogen-bond acceptors (Lipinski definition) is 3. The molecule has 1 unspecified atom stereocenters. The molecule has 128 valence electrons. The topological polar surface area (TPSA) is 65.6 Å². The Morgan fingerprint density at radius 2 is 2.16 bits per heavy atom. The van der Waals surface area contributed by atoms with Gasteiger partial charge >= 0.3 is 0 Å². The number of fused-ring (bicyclic) bond motifs is 2. The number of aromatic amines is 1. The van der Waals surface area contributed by atoms with Crippen molar-refractivity contribution in [3.05, 3.63) is 59.8 Å². The molecule has 1 atom stereocenters. The standard InChI is InChI=1S/C20H20N2O3/c1-25-14-6-7-16-18(11-14)22(9-8-19(16)23)20(24)10-13-12-21-17-5-3-2-4-15(13)17/h2-7,11-12,19,21,23H,8-10H2,1H3. The Labute approximate surface area is 145 Å². The molecule has 2 N–H and O–H groups in total. The number of nitrogens with one attached hydrogen (secondary N) is 1. The molecule has 1 aliphatic rings. The molecule has 1 amide bonds. The van der Waals surface area contributed by atoms with E-state index >= 15 is 0 Å². The van der Waals surface area contributed by atoms with Gasteiger partial charge < -0.3 is 19.7 Å². The molecule has 0 spiro atoms. The number of amides is 1. The van der Waals surface area contributed by atoms with Gasteiger partial charge in [0.1, 0.15) is 5.75 Å². The van der Waals surface area contributed by atoms with E-state index < -0.39 is 6.10 Å². The third-order valence-electron chi connectivity index (χ3n) is 4.83. The van der Waals surface area contributed by atoms with Crippen LogP contribution >= 0.6 is 0 Å². The van der Waals surface area contributed by atoms with Crippen molar-refractivity contribution in [2.24, 2.45) is 0 Å². The van der Waals surface area contributed by atoms with Crippen molar-refractivity contribution < 1.29 is 14.6 Å². The number of anilines is 1. The Balaban J connectivity index is 1.66. The lowest BCUT2D eigenvalue weighted by molar-refractivity contribution is -0.118. The fraction of sp³-hybridized carbons (Fsp3) is 0.250. The van der Waals surface area contributed by atoms with Gasteiger partial charge in [-0.05, 0) is 24.1 Å². The first-order valence-electron chi connectivity index (χ1n) is 8.38. The van der Waals surface area contributed by atoms with E-state index in [4.69, 9.17) is 4.74 Å². The van der Waals surface area contributed by atoms with Gasteiger partial charge in [-0.15, -0.1) is 0 Å². The summed E-state index contributed by atoms with van der Waals surface area (Å²) in [6.45, 7) is 0.503. The van der Waals surface area contributed by atoms with Crippen LogP contribution < -0.4 is 9.64 Å². The van der Waals surface area contributed by atoms with E-state index in [1.54, 1.807) is 12.0 Å². The van der Waals surface area contributed by atoms with Crippen LogP contribution in [0.4, 0.5) is 5.69 Å². The van der Waals surface area contributed by atoms with Crippen molar-refractivity contribution in [1.29, 1.82) is 0 Å². The minimum absolute atomic E-state index is 0.0196. The third kappa shape index (κ3) is 2.76. The van der Waals surface area contributed by atoms with Crippen LogP contribution in [0.25, 0.3) is 10.9 Å². The second-order valence-electron chi connectivity index (χ2n) is 6.31. The summed E-state index contributed by atoms with van der Waals surface area (Å²) >= 11 is 0. The van der Waals surface area contributed by atoms with Crippen LogP contribution in [0.2, 0.25) is 0 Å². The minimum atomic E-state index is -0.543. The Morgan fingerprint density at radius 1 is 1.32 bits per heavy atom. The highest BCUT2D eigenvalue weighted by Gasteiger charge is 2.28. The van der Waals surface area contributed by atoms with Crippen molar-refractivity contribution in [3.8, 4) is 5.75 Å². The highest BCUT2D eigenvalue weighted by Crippen LogP contribution is 2.36. The van der Waals surface area contributed by atoms with E-state index in [1.807, 2.05) is 48.7 Å². The summed E-state index contributed by atoms with van der Waals surface area (Å²) in [6.07, 6.45) is 2.21. The zero-order chi connectivity index (χ0) is 17.4. The van der Waals surface area contributed by atoms with Crippen molar-refractivity contribution in [2.45, 2.75) is 18.9 Å². The molecule has 0 saturated carbocycles. The first-order valence-corrected chi connectivity index (χ1v) is 8.38. The minimum Gasteiger partial charge on any atom is -0.497 e. The van der Waals surface area contributed by atoms with Crippen LogP contribution in [0.5, 0.6) is 5.75 Å². The molecule has 3 aromatic rings. The normalized spacial score (nSPS) is 16.7. The van der Waals surface area contributed by atoms with Crippen LogP contribution in [0.1, 0.15) is 23.7 Å². The van der Waals surface area contributed by atoms with Crippen LogP contribution in [0, 0.1) is 0 Å². The van der Waals surface area contributed by atoms with E-state index in [0.29, 0.717) is 25.1 Å². The SMILES string of the molecule is COc1ccc2c(c1)N(C(=O)Cc1c[nH]c3ccccc13)CCC2O. The van der Waals surface area contributed by atoms with Crippen molar-refractivity contribution in [2.75, 3.05) is 18.6 Å². The number of rotatable bonds is 3. The number of methoxy groups -OCH3 is 1. The molecule has 1 aromatic heterocycles. The van der Waals surface area contributed by atoms with Crippen LogP contribution in [0.15, 0.2) is 48.7 Å². The van der Waals surface area contributed by atoms with Crippen molar-refractivity contribution >= 4 is 22.5 Å². The maximum absolute atomic E-state index is 13.0. The number of carbonyl (C=O) groups excluding carboxylic acids is 1. The largest absolute Gasteiger partial charge is 0.497 e. The monoisotopic (exact) mass is 336 g/mol. The van der Waals surface area contributed by atoms with E-state index in [9.17, 15) is 9.90 Å². The van der Waals surface area contributed by atoms with Gasteiger partial charge in [0.25, 0.3) is 0 Å². The lowest BCUT2D eigenvalue weighted by Crippen LogP contribution is -2.37. The van der Waals surface area contributed by atoms with Gasteiger partial charge in [0, 0.05) is 35.3 Å². The summed E-state index contributed by atoms with van der Waals surface area (Å²) < 4.78 is 5.28. The summed E-state index contributed by atoms with van der Waals surface area (Å²) in [5.74, 6) is 0.698. The van der Waals surface area contributed by atoms with Gasteiger partial charge in [-0.1, -0.05) is 24.3 Å². The highest BCUT2D eigenvalue weighted by molar-refractivity contribution is 5.98. The first-order chi connectivity index (χ1) is 12.2. The molecule has 0 radical (unpaired) electrons. The Kier molecular flexibility index (Phi) is 3.93. The molecule has 4 rings (SSSR count). The smallest absolute Gasteiger partial charge is 0.231 e. The second kappa shape index (κ2) is 6.26. The number of hydrogen-bond donors (Lipinski definition) is 2. The second-order valence-corrected chi connectivity index (χ2v) is 6.31. The fourth-order valence-electron chi connectivity index (χ4n) is 3.49. The Hall–Kier alpha value is -2.79. The van der Waals surface area contributed by atoms with Gasteiger partial charge in [-0.2, -0.15) is 0 Å². The Bertz CT molecular complexity index is 932. The first kappa shape index (κ1) is 15.7. The van der Waals surface area contributed by atoms with Gasteiger partial charge in [0.05, 0.1) is 25.3 Å². The van der Waals surface area contributed by atoms with Crippen LogP contribution in [-0.2, 0) is 11.2 Å². The van der Waals surface area contributed by atoms with Gasteiger partial charge in [-0.3, -0.25) is 4.79 Å². The average Bonchev–Trinajstić information content (AvgIpc) is 3.04.